The molecule has 6 N–H and O–H groups in total. The molecule has 8 nitrogen and oxygen atoms in total. The van der Waals surface area contributed by atoms with Gasteiger partial charge in [-0.2, -0.15) is 0 Å². The van der Waals surface area contributed by atoms with Crippen molar-refractivity contribution in [3.05, 3.63) is 84.2 Å². The number of aromatic nitrogens is 2. The van der Waals surface area contributed by atoms with Crippen LogP contribution < -0.4 is 11.5 Å². The SMILES string of the molecule is C=C/C(OC)=C(\C=C/N)c1cnc(N)c(C(=N)OC(=N)c2ccccc2)n1. The normalized spacial score (nSPS) is 11.6. The fourth-order valence-electron chi connectivity index (χ4n) is 2.19. The van der Waals surface area contributed by atoms with E-state index in [4.69, 9.17) is 31.8 Å². The molecule has 0 spiro atoms. The molecule has 0 amide bonds. The van der Waals surface area contributed by atoms with E-state index < -0.39 is 5.90 Å². The minimum Gasteiger partial charge on any atom is -0.496 e. The number of nitrogens with two attached hydrogens (primary N) is 2. The Labute approximate surface area is 156 Å². The average Bonchev–Trinajstić information content (AvgIpc) is 2.69. The van der Waals surface area contributed by atoms with Crippen LogP contribution in [0.2, 0.25) is 0 Å². The van der Waals surface area contributed by atoms with Crippen molar-refractivity contribution in [3.8, 4) is 0 Å². The Bertz CT molecular complexity index is 919. The van der Waals surface area contributed by atoms with Crippen LogP contribution in [-0.2, 0) is 9.47 Å². The first-order valence-electron chi connectivity index (χ1n) is 7.84. The third-order valence-corrected chi connectivity index (χ3v) is 3.47. The standard InChI is InChI=1S/C19H20N6O2/c1-3-15(26-2)13(9-10-20)14-11-24-17(21)16(25-14)19(23)27-18(22)12-7-5-4-6-8-12/h3-11,22-23H,1,20H2,2H3,(H2,21,24)/b10-9-,15-13-,22-18?,23-19?. The Morgan fingerprint density at radius 3 is 2.48 bits per heavy atom. The summed E-state index contributed by atoms with van der Waals surface area (Å²) in [5.41, 5.74) is 12.7. The van der Waals surface area contributed by atoms with E-state index >= 15 is 0 Å². The van der Waals surface area contributed by atoms with Gasteiger partial charge in [0.2, 0.25) is 11.8 Å². The molecule has 0 bridgehead atoms. The lowest BCUT2D eigenvalue weighted by molar-refractivity contribution is 0.309. The van der Waals surface area contributed by atoms with E-state index in [-0.39, 0.29) is 17.4 Å². The highest BCUT2D eigenvalue weighted by atomic mass is 16.5. The van der Waals surface area contributed by atoms with Crippen LogP contribution in [0.5, 0.6) is 0 Å². The molecular formula is C19H20N6O2. The third kappa shape index (κ3) is 4.57. The van der Waals surface area contributed by atoms with E-state index in [2.05, 4.69) is 16.5 Å². The molecule has 0 radical (unpaired) electrons. The molecule has 0 atom stereocenters. The molecule has 0 fully saturated rings. The van der Waals surface area contributed by atoms with Gasteiger partial charge in [-0.3, -0.25) is 10.8 Å². The highest BCUT2D eigenvalue weighted by Gasteiger charge is 2.17. The number of nitrogens with one attached hydrogen (secondary N) is 2. The second kappa shape index (κ2) is 8.95. The summed E-state index contributed by atoms with van der Waals surface area (Å²) < 4.78 is 10.5. The van der Waals surface area contributed by atoms with Gasteiger partial charge in [0.25, 0.3) is 0 Å². The van der Waals surface area contributed by atoms with Gasteiger partial charge in [0, 0.05) is 11.1 Å². The lowest BCUT2D eigenvalue weighted by Gasteiger charge is -2.12. The van der Waals surface area contributed by atoms with Crippen molar-refractivity contribution < 1.29 is 9.47 Å². The zero-order valence-corrected chi connectivity index (χ0v) is 14.8. The Morgan fingerprint density at radius 1 is 1.19 bits per heavy atom. The van der Waals surface area contributed by atoms with Crippen molar-refractivity contribution in [2.24, 2.45) is 5.73 Å². The van der Waals surface area contributed by atoms with Crippen LogP contribution in [0.4, 0.5) is 5.82 Å². The summed E-state index contributed by atoms with van der Waals surface area (Å²) in [7, 11) is 1.49. The first kappa shape index (κ1) is 19.4. The first-order chi connectivity index (χ1) is 13.0. The molecular weight excluding hydrogens is 344 g/mol. The minimum absolute atomic E-state index is 0.00161. The fraction of sp³-hybridized carbons (Fsp3) is 0.0526. The zero-order chi connectivity index (χ0) is 19.8. The van der Waals surface area contributed by atoms with Crippen molar-refractivity contribution in [1.82, 2.24) is 9.97 Å². The van der Waals surface area contributed by atoms with Gasteiger partial charge in [0.1, 0.15) is 5.76 Å². The van der Waals surface area contributed by atoms with Crippen LogP contribution in [0.25, 0.3) is 5.57 Å². The van der Waals surface area contributed by atoms with Crippen LogP contribution in [0, 0.1) is 10.8 Å². The molecule has 0 aliphatic heterocycles. The summed E-state index contributed by atoms with van der Waals surface area (Å²) >= 11 is 0. The molecule has 0 aliphatic rings. The number of ether oxygens (including phenoxy) is 2. The van der Waals surface area contributed by atoms with E-state index in [0.29, 0.717) is 22.6 Å². The Morgan fingerprint density at radius 2 is 1.89 bits per heavy atom. The first-order valence-corrected chi connectivity index (χ1v) is 7.84. The number of allylic oxidation sites excluding steroid dienone is 3. The topological polar surface area (TPSA) is 144 Å². The van der Waals surface area contributed by atoms with Crippen LogP contribution in [0.1, 0.15) is 17.0 Å². The van der Waals surface area contributed by atoms with Crippen molar-refractivity contribution in [2.45, 2.75) is 0 Å². The van der Waals surface area contributed by atoms with Gasteiger partial charge < -0.3 is 20.9 Å². The van der Waals surface area contributed by atoms with E-state index in [1.54, 1.807) is 30.3 Å². The second-order valence-electron chi connectivity index (χ2n) is 5.16. The maximum absolute atomic E-state index is 8.13. The molecule has 0 saturated carbocycles. The van der Waals surface area contributed by atoms with Gasteiger partial charge >= 0.3 is 0 Å². The average molecular weight is 364 g/mol. The molecule has 0 unspecified atom stereocenters. The lowest BCUT2D eigenvalue weighted by atomic mass is 10.1. The molecule has 8 heteroatoms. The summed E-state index contributed by atoms with van der Waals surface area (Å²) in [6.45, 7) is 3.68. The van der Waals surface area contributed by atoms with Gasteiger partial charge in [0.05, 0.1) is 19.0 Å². The molecule has 1 aromatic carbocycles. The van der Waals surface area contributed by atoms with Crippen LogP contribution in [0.3, 0.4) is 0 Å². The highest BCUT2D eigenvalue weighted by molar-refractivity contribution is 6.05. The van der Waals surface area contributed by atoms with Crippen LogP contribution in [0.15, 0.2) is 67.2 Å². The minimum atomic E-state index is -0.399. The Hall–Kier alpha value is -3.94. The van der Waals surface area contributed by atoms with Crippen molar-refractivity contribution >= 4 is 23.2 Å². The number of nitrogens with zero attached hydrogens (tertiary/aromatic N) is 2. The van der Waals surface area contributed by atoms with Crippen LogP contribution >= 0.6 is 0 Å². The van der Waals surface area contributed by atoms with E-state index in [1.807, 2.05) is 6.07 Å². The lowest BCUT2D eigenvalue weighted by Crippen LogP contribution is -2.17. The number of hydrogen-bond acceptors (Lipinski definition) is 8. The molecule has 2 aromatic rings. The summed E-state index contributed by atoms with van der Waals surface area (Å²) in [6, 6.07) is 8.75. The van der Waals surface area contributed by atoms with Gasteiger partial charge in [-0.1, -0.05) is 24.8 Å². The molecule has 0 aliphatic carbocycles. The van der Waals surface area contributed by atoms with Gasteiger partial charge in [-0.25, -0.2) is 9.97 Å². The van der Waals surface area contributed by atoms with Gasteiger partial charge in [0.15, 0.2) is 11.5 Å². The molecule has 0 saturated heterocycles. The van der Waals surface area contributed by atoms with Crippen molar-refractivity contribution in [1.29, 1.82) is 10.8 Å². The molecule has 27 heavy (non-hydrogen) atoms. The summed E-state index contributed by atoms with van der Waals surface area (Å²) in [5, 5.41) is 16.1. The van der Waals surface area contributed by atoms with Crippen molar-refractivity contribution in [2.75, 3.05) is 12.8 Å². The fourth-order valence-corrected chi connectivity index (χ4v) is 2.19. The number of benzene rings is 1. The van der Waals surface area contributed by atoms with E-state index in [1.165, 1.54) is 25.6 Å². The molecule has 138 valence electrons. The number of nitrogen functional groups attached to an aromatic ring is 1. The largest absolute Gasteiger partial charge is 0.496 e. The quantitative estimate of drug-likeness (QED) is 0.268. The third-order valence-electron chi connectivity index (χ3n) is 3.47. The zero-order valence-electron chi connectivity index (χ0n) is 14.8. The van der Waals surface area contributed by atoms with E-state index in [0.717, 1.165) is 0 Å². The Balaban J connectivity index is 2.39. The second-order valence-corrected chi connectivity index (χ2v) is 5.16. The number of rotatable bonds is 6. The van der Waals surface area contributed by atoms with Crippen LogP contribution in [-0.4, -0.2) is 28.9 Å². The van der Waals surface area contributed by atoms with Gasteiger partial charge in [-0.15, -0.1) is 0 Å². The number of methoxy groups -OCH3 is 1. The predicted octanol–water partition coefficient (Wildman–Crippen LogP) is 2.44. The molecule has 2 rings (SSSR count). The van der Waals surface area contributed by atoms with Crippen molar-refractivity contribution in [3.63, 3.8) is 0 Å². The summed E-state index contributed by atoms with van der Waals surface area (Å²) in [4.78, 5) is 8.39. The van der Waals surface area contributed by atoms with Gasteiger partial charge in [-0.05, 0) is 30.5 Å². The predicted molar refractivity (Wildman–Crippen MR) is 105 cm³/mol. The number of hydrogen-bond donors (Lipinski definition) is 4. The number of anilines is 1. The van der Waals surface area contributed by atoms with E-state index in [9.17, 15) is 0 Å². The maximum atomic E-state index is 8.13. The summed E-state index contributed by atoms with van der Waals surface area (Å²) in [6.07, 6.45) is 5.82. The summed E-state index contributed by atoms with van der Waals surface area (Å²) in [5.74, 6) is -0.178. The molecule has 1 heterocycles. The smallest absolute Gasteiger partial charge is 0.243 e. The highest BCUT2D eigenvalue weighted by Crippen LogP contribution is 2.21. The Kier molecular flexibility index (Phi) is 6.43. The maximum Gasteiger partial charge on any atom is 0.243 e. The molecule has 1 aromatic heterocycles. The monoisotopic (exact) mass is 364 g/mol.